The SMILES string of the molecule is CNC(=O)CC(N)C1CCCN1C(=O)C1CCc2ccccc21. The fourth-order valence-corrected chi connectivity index (χ4v) is 3.98. The number of likely N-dealkylation sites (tertiary alicyclic amines) is 1. The number of nitrogens with zero attached hydrogens (tertiary/aromatic N) is 1. The van der Waals surface area contributed by atoms with Crippen molar-refractivity contribution in [3.8, 4) is 0 Å². The van der Waals surface area contributed by atoms with Gasteiger partial charge >= 0.3 is 0 Å². The summed E-state index contributed by atoms with van der Waals surface area (Å²) in [5.41, 5.74) is 8.68. The lowest BCUT2D eigenvalue weighted by molar-refractivity contribution is -0.134. The first-order chi connectivity index (χ1) is 11.1. The summed E-state index contributed by atoms with van der Waals surface area (Å²) in [6, 6.07) is 7.90. The van der Waals surface area contributed by atoms with Gasteiger partial charge in [0.1, 0.15) is 0 Å². The van der Waals surface area contributed by atoms with Crippen molar-refractivity contribution < 1.29 is 9.59 Å². The first kappa shape index (κ1) is 16.0. The van der Waals surface area contributed by atoms with Gasteiger partial charge in [0.15, 0.2) is 0 Å². The number of hydrogen-bond acceptors (Lipinski definition) is 3. The molecule has 5 nitrogen and oxygen atoms in total. The summed E-state index contributed by atoms with van der Waals surface area (Å²) in [6.45, 7) is 0.754. The zero-order valence-electron chi connectivity index (χ0n) is 13.6. The predicted octanol–water partition coefficient (Wildman–Crippen LogP) is 1.17. The Balaban J connectivity index is 1.73. The molecule has 1 aliphatic heterocycles. The third kappa shape index (κ3) is 3.11. The van der Waals surface area contributed by atoms with Crippen LogP contribution in [0.1, 0.15) is 42.7 Å². The smallest absolute Gasteiger partial charge is 0.230 e. The third-order valence-electron chi connectivity index (χ3n) is 5.21. The molecule has 1 aromatic rings. The molecule has 1 heterocycles. The molecule has 0 bridgehead atoms. The van der Waals surface area contributed by atoms with Crippen LogP contribution >= 0.6 is 0 Å². The second-order valence-electron chi connectivity index (χ2n) is 6.57. The fourth-order valence-electron chi connectivity index (χ4n) is 3.98. The van der Waals surface area contributed by atoms with E-state index >= 15 is 0 Å². The monoisotopic (exact) mass is 315 g/mol. The van der Waals surface area contributed by atoms with E-state index in [1.807, 2.05) is 17.0 Å². The maximum atomic E-state index is 13.1. The molecule has 5 heteroatoms. The summed E-state index contributed by atoms with van der Waals surface area (Å²) in [7, 11) is 1.61. The van der Waals surface area contributed by atoms with Crippen molar-refractivity contribution in [3.05, 3.63) is 35.4 Å². The lowest BCUT2D eigenvalue weighted by Crippen LogP contribution is -2.49. The Kier molecular flexibility index (Phi) is 4.66. The molecule has 1 saturated heterocycles. The molecule has 0 spiro atoms. The number of hydrogen-bond donors (Lipinski definition) is 2. The molecule has 0 saturated carbocycles. The van der Waals surface area contributed by atoms with Crippen molar-refractivity contribution in [3.63, 3.8) is 0 Å². The predicted molar refractivity (Wildman–Crippen MR) is 88.9 cm³/mol. The highest BCUT2D eigenvalue weighted by Crippen LogP contribution is 2.36. The Morgan fingerprint density at radius 1 is 1.35 bits per heavy atom. The molecule has 23 heavy (non-hydrogen) atoms. The Morgan fingerprint density at radius 3 is 2.91 bits per heavy atom. The highest BCUT2D eigenvalue weighted by molar-refractivity contribution is 5.85. The molecule has 3 unspecified atom stereocenters. The third-order valence-corrected chi connectivity index (χ3v) is 5.21. The quantitative estimate of drug-likeness (QED) is 0.876. The van der Waals surface area contributed by atoms with E-state index in [4.69, 9.17) is 5.73 Å². The molecule has 1 fully saturated rings. The van der Waals surface area contributed by atoms with Crippen LogP contribution in [0.4, 0.5) is 0 Å². The van der Waals surface area contributed by atoms with E-state index in [1.54, 1.807) is 7.05 Å². The van der Waals surface area contributed by atoms with E-state index in [1.165, 1.54) is 11.1 Å². The van der Waals surface area contributed by atoms with Crippen LogP contribution in [0.3, 0.4) is 0 Å². The minimum atomic E-state index is -0.293. The second-order valence-corrected chi connectivity index (χ2v) is 6.57. The van der Waals surface area contributed by atoms with Gasteiger partial charge in [0.05, 0.1) is 5.92 Å². The molecule has 124 valence electrons. The summed E-state index contributed by atoms with van der Waals surface area (Å²) >= 11 is 0. The van der Waals surface area contributed by atoms with Crippen LogP contribution in [0.2, 0.25) is 0 Å². The van der Waals surface area contributed by atoms with E-state index in [9.17, 15) is 9.59 Å². The van der Waals surface area contributed by atoms with Gasteiger partial charge in [-0.05, 0) is 36.8 Å². The maximum Gasteiger partial charge on any atom is 0.230 e. The number of rotatable bonds is 4. The largest absolute Gasteiger partial charge is 0.359 e. The van der Waals surface area contributed by atoms with Crippen molar-refractivity contribution in [1.82, 2.24) is 10.2 Å². The van der Waals surface area contributed by atoms with Crippen molar-refractivity contribution in [2.24, 2.45) is 5.73 Å². The number of carbonyl (C=O) groups is 2. The van der Waals surface area contributed by atoms with Gasteiger partial charge in [0, 0.05) is 32.1 Å². The summed E-state index contributed by atoms with van der Waals surface area (Å²) in [4.78, 5) is 26.6. The maximum absolute atomic E-state index is 13.1. The van der Waals surface area contributed by atoms with Gasteiger partial charge in [-0.3, -0.25) is 9.59 Å². The minimum Gasteiger partial charge on any atom is -0.359 e. The summed E-state index contributed by atoms with van der Waals surface area (Å²) in [5.74, 6) is 0.0758. The van der Waals surface area contributed by atoms with Crippen molar-refractivity contribution in [2.75, 3.05) is 13.6 Å². The Labute approximate surface area is 137 Å². The molecule has 3 N–H and O–H groups in total. The Bertz CT molecular complexity index is 602. The normalized spacial score (nSPS) is 24.3. The van der Waals surface area contributed by atoms with E-state index in [0.29, 0.717) is 0 Å². The van der Waals surface area contributed by atoms with Crippen LogP contribution in [0.5, 0.6) is 0 Å². The van der Waals surface area contributed by atoms with Crippen molar-refractivity contribution in [1.29, 1.82) is 0 Å². The van der Waals surface area contributed by atoms with Gasteiger partial charge in [-0.25, -0.2) is 0 Å². The number of benzene rings is 1. The Hall–Kier alpha value is -1.88. The van der Waals surface area contributed by atoms with Crippen molar-refractivity contribution >= 4 is 11.8 Å². The molecule has 1 aromatic carbocycles. The first-order valence-electron chi connectivity index (χ1n) is 8.46. The number of nitrogens with two attached hydrogens (primary N) is 1. The van der Waals surface area contributed by atoms with Crippen molar-refractivity contribution in [2.45, 2.75) is 50.1 Å². The van der Waals surface area contributed by atoms with Gasteiger partial charge in [0.2, 0.25) is 11.8 Å². The second kappa shape index (κ2) is 6.71. The van der Waals surface area contributed by atoms with E-state index in [0.717, 1.165) is 32.2 Å². The average molecular weight is 315 g/mol. The van der Waals surface area contributed by atoms with E-state index < -0.39 is 0 Å². The number of amides is 2. The lowest BCUT2D eigenvalue weighted by atomic mass is 9.97. The molecule has 0 aromatic heterocycles. The summed E-state index contributed by atoms with van der Waals surface area (Å²) in [5, 5.41) is 2.61. The molecule has 2 amide bonds. The molecule has 3 rings (SSSR count). The van der Waals surface area contributed by atoms with Gasteiger partial charge < -0.3 is 16.0 Å². The molecule has 3 atom stereocenters. The highest BCUT2D eigenvalue weighted by Gasteiger charge is 2.39. The van der Waals surface area contributed by atoms with E-state index in [-0.39, 0.29) is 36.2 Å². The fraction of sp³-hybridized carbons (Fsp3) is 0.556. The van der Waals surface area contributed by atoms with Gasteiger partial charge in [-0.2, -0.15) is 0 Å². The number of carbonyl (C=O) groups excluding carboxylic acids is 2. The van der Waals surface area contributed by atoms with Gasteiger partial charge in [-0.15, -0.1) is 0 Å². The molecular weight excluding hydrogens is 290 g/mol. The minimum absolute atomic E-state index is 0.0208. The van der Waals surface area contributed by atoms with Gasteiger partial charge in [-0.1, -0.05) is 24.3 Å². The van der Waals surface area contributed by atoms with Crippen LogP contribution in [0.15, 0.2) is 24.3 Å². The standard InChI is InChI=1S/C18H25N3O2/c1-20-17(22)11-15(19)16-7-4-10-21(16)18(23)14-9-8-12-5-2-3-6-13(12)14/h2-3,5-6,14-16H,4,7-11,19H2,1H3,(H,20,22). The highest BCUT2D eigenvalue weighted by atomic mass is 16.2. The van der Waals surface area contributed by atoms with Crippen LogP contribution < -0.4 is 11.1 Å². The molecular formula is C18H25N3O2. The topological polar surface area (TPSA) is 75.4 Å². The molecule has 2 aliphatic rings. The van der Waals surface area contributed by atoms with Crippen LogP contribution in [0.25, 0.3) is 0 Å². The average Bonchev–Trinajstić information content (AvgIpc) is 3.21. The zero-order chi connectivity index (χ0) is 16.4. The van der Waals surface area contributed by atoms with E-state index in [2.05, 4.69) is 17.4 Å². The van der Waals surface area contributed by atoms with Crippen LogP contribution in [-0.2, 0) is 16.0 Å². The molecule has 0 radical (unpaired) electrons. The van der Waals surface area contributed by atoms with Crippen LogP contribution in [-0.4, -0.2) is 42.4 Å². The van der Waals surface area contributed by atoms with Crippen LogP contribution in [0, 0.1) is 0 Å². The zero-order valence-corrected chi connectivity index (χ0v) is 13.6. The van der Waals surface area contributed by atoms with Gasteiger partial charge in [0.25, 0.3) is 0 Å². The first-order valence-corrected chi connectivity index (χ1v) is 8.46. The lowest BCUT2D eigenvalue weighted by Gasteiger charge is -2.31. The molecule has 1 aliphatic carbocycles. The number of fused-ring (bicyclic) bond motifs is 1. The summed E-state index contributed by atoms with van der Waals surface area (Å²) < 4.78 is 0. The number of nitrogens with one attached hydrogen (secondary N) is 1. The summed E-state index contributed by atoms with van der Waals surface area (Å²) in [6.07, 6.45) is 3.97. The number of aryl methyl sites for hydroxylation is 1. The Morgan fingerprint density at radius 2 is 2.13 bits per heavy atom.